The number of rotatable bonds is 3. The molecule has 0 radical (unpaired) electrons. The third-order valence-electron chi connectivity index (χ3n) is 4.31. The van der Waals surface area contributed by atoms with Crippen LogP contribution in [0.15, 0.2) is 18.2 Å². The van der Waals surface area contributed by atoms with E-state index in [2.05, 4.69) is 12.2 Å². The fraction of sp³-hybridized carbons (Fsp3) is 0.625. The van der Waals surface area contributed by atoms with Gasteiger partial charge in [0, 0.05) is 11.7 Å². The molecule has 0 saturated heterocycles. The quantitative estimate of drug-likeness (QED) is 0.784. The number of benzene rings is 1. The van der Waals surface area contributed by atoms with Crippen molar-refractivity contribution in [2.75, 3.05) is 5.32 Å². The van der Waals surface area contributed by atoms with Gasteiger partial charge in [0.25, 0.3) is 0 Å². The zero-order valence-electron chi connectivity index (χ0n) is 12.1. The highest BCUT2D eigenvalue weighted by Gasteiger charge is 2.31. The Morgan fingerprint density at radius 1 is 1.15 bits per heavy atom. The number of nitrogens with one attached hydrogen (secondary N) is 1. The lowest BCUT2D eigenvalue weighted by Crippen LogP contribution is -2.28. The van der Waals surface area contributed by atoms with Gasteiger partial charge in [0.2, 0.25) is 0 Å². The molecule has 4 heteroatoms. The Kier molecular flexibility index (Phi) is 4.61. The van der Waals surface area contributed by atoms with Crippen LogP contribution in [0.1, 0.15) is 50.2 Å². The van der Waals surface area contributed by atoms with Crippen molar-refractivity contribution in [2.45, 2.75) is 58.2 Å². The normalized spacial score (nSPS) is 18.9. The summed E-state index contributed by atoms with van der Waals surface area (Å²) in [5.74, 6) is 0.567. The number of hydrogen-bond donors (Lipinski definition) is 1. The van der Waals surface area contributed by atoms with Gasteiger partial charge in [-0.05, 0) is 50.3 Å². The van der Waals surface area contributed by atoms with Gasteiger partial charge in [-0.25, -0.2) is 0 Å². The van der Waals surface area contributed by atoms with E-state index in [0.717, 1.165) is 11.6 Å². The van der Waals surface area contributed by atoms with Crippen LogP contribution in [0.2, 0.25) is 0 Å². The Balaban J connectivity index is 2.11. The maximum absolute atomic E-state index is 12.8. The summed E-state index contributed by atoms with van der Waals surface area (Å²) in [4.78, 5) is 0. The summed E-state index contributed by atoms with van der Waals surface area (Å²) < 4.78 is 38.3. The Morgan fingerprint density at radius 3 is 2.40 bits per heavy atom. The van der Waals surface area contributed by atoms with Crippen LogP contribution < -0.4 is 5.32 Å². The monoisotopic (exact) mass is 285 g/mol. The summed E-state index contributed by atoms with van der Waals surface area (Å²) in [6.45, 7) is 3.92. The lowest BCUT2D eigenvalue weighted by atomic mass is 9.84. The standard InChI is InChI=1S/C16H22F3N/c1-11-8-9-14(16(17,18)19)10-15(11)20-12(2)13-6-4-3-5-7-13/h8-10,12-13,20H,3-7H2,1-2H3. The van der Waals surface area contributed by atoms with Gasteiger partial charge in [-0.3, -0.25) is 0 Å². The van der Waals surface area contributed by atoms with Crippen molar-refractivity contribution in [3.8, 4) is 0 Å². The molecular formula is C16H22F3N. The number of aryl methyl sites for hydroxylation is 1. The van der Waals surface area contributed by atoms with Gasteiger partial charge in [0.05, 0.1) is 5.56 Å². The third-order valence-corrected chi connectivity index (χ3v) is 4.31. The molecule has 0 bridgehead atoms. The fourth-order valence-electron chi connectivity index (χ4n) is 2.95. The summed E-state index contributed by atoms with van der Waals surface area (Å²) in [5.41, 5.74) is 0.889. The molecule has 1 atom stereocenters. The summed E-state index contributed by atoms with van der Waals surface area (Å²) in [5, 5.41) is 3.29. The minimum Gasteiger partial charge on any atom is -0.382 e. The smallest absolute Gasteiger partial charge is 0.382 e. The van der Waals surface area contributed by atoms with E-state index in [1.165, 1.54) is 38.2 Å². The van der Waals surface area contributed by atoms with Crippen LogP contribution in [0.3, 0.4) is 0 Å². The average Bonchev–Trinajstić information content (AvgIpc) is 2.41. The Morgan fingerprint density at radius 2 is 1.80 bits per heavy atom. The minimum absolute atomic E-state index is 0.220. The molecule has 1 unspecified atom stereocenters. The molecule has 0 heterocycles. The van der Waals surface area contributed by atoms with Crippen LogP contribution in [-0.4, -0.2) is 6.04 Å². The Hall–Kier alpha value is -1.19. The first-order valence-electron chi connectivity index (χ1n) is 7.32. The van der Waals surface area contributed by atoms with Gasteiger partial charge in [-0.1, -0.05) is 25.3 Å². The zero-order valence-corrected chi connectivity index (χ0v) is 12.1. The van der Waals surface area contributed by atoms with E-state index >= 15 is 0 Å². The Labute approximate surface area is 118 Å². The molecule has 20 heavy (non-hydrogen) atoms. The molecule has 1 aliphatic rings. The second-order valence-corrected chi connectivity index (χ2v) is 5.86. The number of anilines is 1. The first-order valence-corrected chi connectivity index (χ1v) is 7.32. The first-order chi connectivity index (χ1) is 9.38. The number of alkyl halides is 3. The summed E-state index contributed by atoms with van der Waals surface area (Å²) in [6, 6.07) is 4.14. The zero-order chi connectivity index (χ0) is 14.8. The fourth-order valence-corrected chi connectivity index (χ4v) is 2.95. The van der Waals surface area contributed by atoms with Gasteiger partial charge in [-0.2, -0.15) is 13.2 Å². The van der Waals surface area contributed by atoms with Crippen LogP contribution in [-0.2, 0) is 6.18 Å². The molecule has 1 aromatic rings. The molecule has 0 spiro atoms. The van der Waals surface area contributed by atoms with Crippen LogP contribution in [0, 0.1) is 12.8 Å². The molecule has 1 aliphatic carbocycles. The molecular weight excluding hydrogens is 263 g/mol. The van der Waals surface area contributed by atoms with Gasteiger partial charge < -0.3 is 5.32 Å². The van der Waals surface area contributed by atoms with E-state index in [1.807, 2.05) is 6.92 Å². The number of halogens is 3. The van der Waals surface area contributed by atoms with Gasteiger partial charge >= 0.3 is 6.18 Å². The summed E-state index contributed by atoms with van der Waals surface area (Å²) >= 11 is 0. The van der Waals surface area contributed by atoms with Crippen molar-refractivity contribution < 1.29 is 13.2 Å². The molecule has 0 aliphatic heterocycles. The van der Waals surface area contributed by atoms with E-state index in [-0.39, 0.29) is 6.04 Å². The molecule has 1 N–H and O–H groups in total. The molecule has 0 aromatic heterocycles. The van der Waals surface area contributed by atoms with Crippen LogP contribution in [0.5, 0.6) is 0 Å². The predicted octanol–water partition coefficient (Wildman–Crippen LogP) is 5.39. The van der Waals surface area contributed by atoms with Gasteiger partial charge in [0.1, 0.15) is 0 Å². The van der Waals surface area contributed by atoms with Crippen LogP contribution in [0.25, 0.3) is 0 Å². The minimum atomic E-state index is -4.28. The van der Waals surface area contributed by atoms with Gasteiger partial charge in [-0.15, -0.1) is 0 Å². The van der Waals surface area contributed by atoms with Crippen molar-refractivity contribution in [2.24, 2.45) is 5.92 Å². The number of hydrogen-bond acceptors (Lipinski definition) is 1. The lowest BCUT2D eigenvalue weighted by molar-refractivity contribution is -0.137. The maximum atomic E-state index is 12.8. The summed E-state index contributed by atoms with van der Waals surface area (Å²) in [6.07, 6.45) is 1.82. The molecule has 1 nitrogen and oxygen atoms in total. The SMILES string of the molecule is Cc1ccc(C(F)(F)F)cc1NC(C)C1CCCCC1. The maximum Gasteiger partial charge on any atom is 0.416 e. The van der Waals surface area contributed by atoms with Crippen LogP contribution >= 0.6 is 0 Å². The highest BCUT2D eigenvalue weighted by atomic mass is 19.4. The average molecular weight is 285 g/mol. The van der Waals surface area contributed by atoms with Crippen molar-refractivity contribution in [3.05, 3.63) is 29.3 Å². The van der Waals surface area contributed by atoms with E-state index in [4.69, 9.17) is 0 Å². The molecule has 112 valence electrons. The third kappa shape index (κ3) is 3.68. The molecule has 2 rings (SSSR count). The van der Waals surface area contributed by atoms with Crippen molar-refractivity contribution in [3.63, 3.8) is 0 Å². The predicted molar refractivity (Wildman–Crippen MR) is 75.8 cm³/mol. The van der Waals surface area contributed by atoms with E-state index in [1.54, 1.807) is 6.07 Å². The molecule has 1 aromatic carbocycles. The molecule has 0 amide bonds. The van der Waals surface area contributed by atoms with E-state index < -0.39 is 11.7 Å². The van der Waals surface area contributed by atoms with Crippen LogP contribution in [0.4, 0.5) is 18.9 Å². The largest absolute Gasteiger partial charge is 0.416 e. The van der Waals surface area contributed by atoms with E-state index in [9.17, 15) is 13.2 Å². The lowest BCUT2D eigenvalue weighted by Gasteiger charge is -2.29. The van der Waals surface area contributed by atoms with Crippen molar-refractivity contribution >= 4 is 5.69 Å². The van der Waals surface area contributed by atoms with Crippen molar-refractivity contribution in [1.29, 1.82) is 0 Å². The van der Waals surface area contributed by atoms with Gasteiger partial charge in [0.15, 0.2) is 0 Å². The highest BCUT2D eigenvalue weighted by molar-refractivity contribution is 5.53. The Bertz CT molecular complexity index is 448. The molecule has 1 fully saturated rings. The van der Waals surface area contributed by atoms with Crippen molar-refractivity contribution in [1.82, 2.24) is 0 Å². The second kappa shape index (κ2) is 6.06. The molecule has 1 saturated carbocycles. The summed E-state index contributed by atoms with van der Waals surface area (Å²) in [7, 11) is 0. The topological polar surface area (TPSA) is 12.0 Å². The van der Waals surface area contributed by atoms with E-state index in [0.29, 0.717) is 11.6 Å². The first kappa shape index (κ1) is 15.2. The highest BCUT2D eigenvalue weighted by Crippen LogP contribution is 2.33. The second-order valence-electron chi connectivity index (χ2n) is 5.86.